The normalized spacial score (nSPS) is 12.2. The zero-order chi connectivity index (χ0) is 20.7. The zero-order valence-electron chi connectivity index (χ0n) is 19.7. The van der Waals surface area contributed by atoms with Crippen molar-refractivity contribution in [3.8, 4) is 0 Å². The highest BCUT2D eigenvalue weighted by Crippen LogP contribution is 2.15. The van der Waals surface area contributed by atoms with Gasteiger partial charge in [-0.2, -0.15) is 0 Å². The van der Waals surface area contributed by atoms with Crippen LogP contribution in [-0.4, -0.2) is 12.6 Å². The van der Waals surface area contributed by atoms with E-state index >= 15 is 0 Å². The summed E-state index contributed by atoms with van der Waals surface area (Å²) in [5.41, 5.74) is 0. The summed E-state index contributed by atoms with van der Waals surface area (Å²) in [4.78, 5) is 12.0. The molecule has 0 amide bonds. The smallest absolute Gasteiger partial charge is 0.308 e. The molecular formula is C26H52O2. The average Bonchev–Trinajstić information content (AvgIpc) is 2.70. The molecule has 0 aromatic rings. The van der Waals surface area contributed by atoms with Gasteiger partial charge in [-0.1, -0.05) is 136 Å². The van der Waals surface area contributed by atoms with Gasteiger partial charge in [0.15, 0.2) is 0 Å². The van der Waals surface area contributed by atoms with Crippen LogP contribution in [0.25, 0.3) is 0 Å². The molecule has 1 atom stereocenters. The number of carbonyl (C=O) groups is 1. The van der Waals surface area contributed by atoms with Crippen molar-refractivity contribution in [2.75, 3.05) is 6.61 Å². The summed E-state index contributed by atoms with van der Waals surface area (Å²) >= 11 is 0. The van der Waals surface area contributed by atoms with Crippen molar-refractivity contribution < 1.29 is 9.53 Å². The van der Waals surface area contributed by atoms with Crippen molar-refractivity contribution >= 4 is 5.97 Å². The van der Waals surface area contributed by atoms with Crippen molar-refractivity contribution in [1.29, 1.82) is 0 Å². The molecule has 0 rings (SSSR count). The molecule has 2 nitrogen and oxygen atoms in total. The molecule has 0 aliphatic heterocycles. The van der Waals surface area contributed by atoms with Crippen LogP contribution in [0.2, 0.25) is 0 Å². The van der Waals surface area contributed by atoms with Crippen LogP contribution in [-0.2, 0) is 9.53 Å². The van der Waals surface area contributed by atoms with Crippen LogP contribution in [0.5, 0.6) is 0 Å². The topological polar surface area (TPSA) is 26.3 Å². The van der Waals surface area contributed by atoms with Crippen LogP contribution in [0.4, 0.5) is 0 Å². The molecule has 0 N–H and O–H groups in total. The third-order valence-corrected chi connectivity index (χ3v) is 5.89. The Labute approximate surface area is 177 Å². The first-order chi connectivity index (χ1) is 13.7. The quantitative estimate of drug-likeness (QED) is 0.135. The fourth-order valence-corrected chi connectivity index (χ4v) is 3.78. The second kappa shape index (κ2) is 22.8. The van der Waals surface area contributed by atoms with Gasteiger partial charge in [0.25, 0.3) is 0 Å². The Balaban J connectivity index is 3.29. The lowest BCUT2D eigenvalue weighted by Crippen LogP contribution is -2.15. The Morgan fingerprint density at radius 1 is 0.571 bits per heavy atom. The summed E-state index contributed by atoms with van der Waals surface area (Å²) in [6.07, 6.45) is 26.2. The molecule has 168 valence electrons. The summed E-state index contributed by atoms with van der Waals surface area (Å²) in [5.74, 6) is 0.0991. The first-order valence-electron chi connectivity index (χ1n) is 12.9. The van der Waals surface area contributed by atoms with Gasteiger partial charge >= 0.3 is 5.97 Å². The van der Waals surface area contributed by atoms with Crippen molar-refractivity contribution in [1.82, 2.24) is 0 Å². The van der Waals surface area contributed by atoms with E-state index in [0.717, 1.165) is 12.8 Å². The Bertz CT molecular complexity index is 314. The number of rotatable bonds is 22. The fourth-order valence-electron chi connectivity index (χ4n) is 3.78. The van der Waals surface area contributed by atoms with E-state index in [4.69, 9.17) is 4.74 Å². The second-order valence-electron chi connectivity index (χ2n) is 8.87. The maximum Gasteiger partial charge on any atom is 0.308 e. The van der Waals surface area contributed by atoms with Gasteiger partial charge in [-0.05, 0) is 12.8 Å². The third kappa shape index (κ3) is 20.2. The third-order valence-electron chi connectivity index (χ3n) is 5.89. The second-order valence-corrected chi connectivity index (χ2v) is 8.87. The predicted molar refractivity (Wildman–Crippen MR) is 124 cm³/mol. The molecule has 0 aliphatic carbocycles. The van der Waals surface area contributed by atoms with E-state index in [1.54, 1.807) is 0 Å². The Morgan fingerprint density at radius 3 is 1.36 bits per heavy atom. The minimum Gasteiger partial charge on any atom is -0.465 e. The SMILES string of the molecule is CCCCCCCCCCCCCCOC(=O)C(C)CCCCCCCCC. The zero-order valence-corrected chi connectivity index (χ0v) is 19.7. The number of hydrogen-bond acceptors (Lipinski definition) is 2. The molecule has 28 heavy (non-hydrogen) atoms. The maximum atomic E-state index is 12.0. The highest BCUT2D eigenvalue weighted by atomic mass is 16.5. The molecule has 0 radical (unpaired) electrons. The standard InChI is InChI=1S/C26H52O2/c1-4-6-8-10-12-13-14-15-16-18-20-22-24-28-26(27)25(3)23-21-19-17-11-9-7-5-2/h25H,4-24H2,1-3H3. The number of ether oxygens (including phenoxy) is 1. The van der Waals surface area contributed by atoms with Gasteiger partial charge in [-0.25, -0.2) is 0 Å². The van der Waals surface area contributed by atoms with E-state index in [1.165, 1.54) is 116 Å². The molecule has 0 bridgehead atoms. The summed E-state index contributed by atoms with van der Waals surface area (Å²) in [6, 6.07) is 0. The monoisotopic (exact) mass is 396 g/mol. The molecule has 0 saturated heterocycles. The molecule has 0 spiro atoms. The van der Waals surface area contributed by atoms with Crippen molar-refractivity contribution in [3.05, 3.63) is 0 Å². The van der Waals surface area contributed by atoms with E-state index in [2.05, 4.69) is 13.8 Å². The van der Waals surface area contributed by atoms with Crippen molar-refractivity contribution in [2.45, 2.75) is 149 Å². The van der Waals surface area contributed by atoms with Crippen LogP contribution in [0.1, 0.15) is 149 Å². The number of carbonyl (C=O) groups excluding carboxylic acids is 1. The van der Waals surface area contributed by atoms with Gasteiger partial charge in [0, 0.05) is 0 Å². The first kappa shape index (κ1) is 27.5. The number of esters is 1. The summed E-state index contributed by atoms with van der Waals surface area (Å²) in [6.45, 7) is 7.18. The molecule has 0 aromatic carbocycles. The summed E-state index contributed by atoms with van der Waals surface area (Å²) in [7, 11) is 0. The molecule has 0 aliphatic rings. The van der Waals surface area contributed by atoms with Crippen LogP contribution < -0.4 is 0 Å². The lowest BCUT2D eigenvalue weighted by molar-refractivity contribution is -0.148. The van der Waals surface area contributed by atoms with E-state index in [0.29, 0.717) is 6.61 Å². The molecule has 0 saturated carbocycles. The van der Waals surface area contributed by atoms with Crippen LogP contribution in [0.3, 0.4) is 0 Å². The Kier molecular flexibility index (Phi) is 22.3. The number of unbranched alkanes of at least 4 members (excludes halogenated alkanes) is 17. The molecule has 0 fully saturated rings. The van der Waals surface area contributed by atoms with Crippen LogP contribution in [0, 0.1) is 5.92 Å². The van der Waals surface area contributed by atoms with Gasteiger partial charge in [0.05, 0.1) is 12.5 Å². The lowest BCUT2D eigenvalue weighted by atomic mass is 10.0. The molecule has 0 heterocycles. The highest BCUT2D eigenvalue weighted by molar-refractivity contribution is 5.71. The molecule has 1 unspecified atom stereocenters. The van der Waals surface area contributed by atoms with Crippen LogP contribution in [0.15, 0.2) is 0 Å². The minimum atomic E-state index is 0.0223. The van der Waals surface area contributed by atoms with Gasteiger partial charge in [-0.15, -0.1) is 0 Å². The fraction of sp³-hybridized carbons (Fsp3) is 0.962. The van der Waals surface area contributed by atoms with Gasteiger partial charge in [0.1, 0.15) is 0 Å². The molecular weight excluding hydrogens is 344 g/mol. The molecule has 2 heteroatoms. The first-order valence-corrected chi connectivity index (χ1v) is 12.9. The largest absolute Gasteiger partial charge is 0.465 e. The summed E-state index contributed by atoms with van der Waals surface area (Å²) in [5, 5.41) is 0. The highest BCUT2D eigenvalue weighted by Gasteiger charge is 2.13. The minimum absolute atomic E-state index is 0.0223. The van der Waals surface area contributed by atoms with E-state index in [-0.39, 0.29) is 11.9 Å². The average molecular weight is 397 g/mol. The predicted octanol–water partition coefficient (Wildman–Crippen LogP) is 9.01. The van der Waals surface area contributed by atoms with Crippen molar-refractivity contribution in [3.63, 3.8) is 0 Å². The number of hydrogen-bond donors (Lipinski definition) is 0. The van der Waals surface area contributed by atoms with Crippen LogP contribution >= 0.6 is 0 Å². The van der Waals surface area contributed by atoms with Gasteiger partial charge in [0.2, 0.25) is 0 Å². The maximum absolute atomic E-state index is 12.0. The lowest BCUT2D eigenvalue weighted by Gasteiger charge is -2.11. The van der Waals surface area contributed by atoms with E-state index in [9.17, 15) is 4.79 Å². The van der Waals surface area contributed by atoms with Gasteiger partial charge < -0.3 is 4.74 Å². The van der Waals surface area contributed by atoms with Crippen molar-refractivity contribution in [2.24, 2.45) is 5.92 Å². The Hall–Kier alpha value is -0.530. The molecule has 0 aromatic heterocycles. The Morgan fingerprint density at radius 2 is 0.929 bits per heavy atom. The summed E-state index contributed by atoms with van der Waals surface area (Å²) < 4.78 is 5.47. The van der Waals surface area contributed by atoms with E-state index < -0.39 is 0 Å². The van der Waals surface area contributed by atoms with E-state index in [1.807, 2.05) is 6.92 Å². The van der Waals surface area contributed by atoms with Gasteiger partial charge in [-0.3, -0.25) is 4.79 Å².